The molecule has 0 bridgehead atoms. The average Bonchev–Trinajstić information content (AvgIpc) is 3.06. The molecule has 0 radical (unpaired) electrons. The number of carbonyl (C=O) groups excluding carboxylic acids is 1. The van der Waals surface area contributed by atoms with E-state index in [2.05, 4.69) is 30.8 Å². The van der Waals surface area contributed by atoms with Gasteiger partial charge in [-0.15, -0.1) is 0 Å². The van der Waals surface area contributed by atoms with E-state index in [1.54, 1.807) is 6.20 Å². The molecule has 2 aromatic heterocycles. The lowest BCUT2D eigenvalue weighted by atomic mass is 9.72. The Morgan fingerprint density at radius 1 is 1.19 bits per heavy atom. The zero-order chi connectivity index (χ0) is 18.0. The van der Waals surface area contributed by atoms with Gasteiger partial charge in [0.25, 0.3) is 0 Å². The van der Waals surface area contributed by atoms with Crippen molar-refractivity contribution in [2.24, 2.45) is 5.41 Å². The Labute approximate surface area is 154 Å². The van der Waals surface area contributed by atoms with Crippen LogP contribution in [-0.2, 0) is 17.9 Å². The number of hydrogen-bond acceptors (Lipinski definition) is 4. The summed E-state index contributed by atoms with van der Waals surface area (Å²) in [4.78, 5) is 28.8. The molecule has 6 heteroatoms. The number of hydrogen-bond donors (Lipinski definition) is 1. The number of rotatable bonds is 4. The lowest BCUT2D eigenvalue weighted by Gasteiger charge is -2.47. The van der Waals surface area contributed by atoms with Crippen molar-refractivity contribution < 1.29 is 4.79 Å². The number of carbonyl (C=O) groups is 1. The third-order valence-electron chi connectivity index (χ3n) is 5.91. The average molecular weight is 353 g/mol. The molecule has 6 nitrogen and oxygen atoms in total. The molecule has 2 saturated heterocycles. The highest BCUT2D eigenvalue weighted by Gasteiger charge is 2.40. The van der Waals surface area contributed by atoms with E-state index in [1.165, 1.54) is 5.69 Å². The van der Waals surface area contributed by atoms with Crippen molar-refractivity contribution in [3.8, 4) is 0 Å². The van der Waals surface area contributed by atoms with Crippen LogP contribution >= 0.6 is 0 Å². The quantitative estimate of drug-likeness (QED) is 0.917. The summed E-state index contributed by atoms with van der Waals surface area (Å²) in [5.41, 5.74) is 2.59. The summed E-state index contributed by atoms with van der Waals surface area (Å²) in [6.45, 7) is 6.68. The third-order valence-corrected chi connectivity index (χ3v) is 5.91. The number of aromatic amines is 1. The first-order valence-electron chi connectivity index (χ1n) is 9.51. The summed E-state index contributed by atoms with van der Waals surface area (Å²) in [7, 11) is 0. The number of nitrogens with one attached hydrogen (secondary N) is 1. The topological polar surface area (TPSA) is 65.1 Å². The van der Waals surface area contributed by atoms with Gasteiger partial charge in [0.15, 0.2) is 0 Å². The second-order valence-electron chi connectivity index (χ2n) is 7.88. The summed E-state index contributed by atoms with van der Waals surface area (Å²) in [6.07, 6.45) is 9.62. The molecule has 2 aliphatic heterocycles. The minimum Gasteiger partial charge on any atom is -0.345 e. The summed E-state index contributed by atoms with van der Waals surface area (Å²) >= 11 is 0. The fraction of sp³-hybridized carbons (Fsp3) is 0.550. The predicted molar refractivity (Wildman–Crippen MR) is 99.2 cm³/mol. The summed E-state index contributed by atoms with van der Waals surface area (Å²) in [5, 5.41) is 0. The third kappa shape index (κ3) is 3.80. The molecule has 4 heterocycles. The molecule has 2 fully saturated rings. The normalized spacial score (nSPS) is 20.7. The van der Waals surface area contributed by atoms with E-state index < -0.39 is 0 Å². The molecule has 0 aliphatic carbocycles. The highest BCUT2D eigenvalue weighted by molar-refractivity contribution is 5.77. The maximum Gasteiger partial charge on any atom is 0.222 e. The monoisotopic (exact) mass is 353 g/mol. The number of imidazole rings is 1. The number of piperidine rings is 2. The molecule has 1 amide bonds. The van der Waals surface area contributed by atoms with Crippen molar-refractivity contribution in [1.29, 1.82) is 0 Å². The van der Waals surface area contributed by atoms with Crippen LogP contribution in [0.5, 0.6) is 0 Å². The van der Waals surface area contributed by atoms with E-state index in [1.807, 2.05) is 25.4 Å². The van der Waals surface area contributed by atoms with E-state index in [0.717, 1.165) is 56.8 Å². The van der Waals surface area contributed by atoms with Crippen LogP contribution in [0.15, 0.2) is 30.7 Å². The molecule has 2 aromatic rings. The Morgan fingerprint density at radius 2 is 2.04 bits per heavy atom. The second kappa shape index (κ2) is 7.19. The standard InChI is InChI=1S/C20H27N5O/c1-16-22-12-18(23-16)14-24-9-6-20(7-10-24)5-4-19(26)25(15-20)13-17-3-2-8-21-11-17/h2-3,8,11-12H,4-7,9-10,13-15H2,1H3,(H,22,23). The van der Waals surface area contributed by atoms with Gasteiger partial charge in [-0.1, -0.05) is 6.07 Å². The predicted octanol–water partition coefficient (Wildman–Crippen LogP) is 2.52. The number of likely N-dealkylation sites (tertiary alicyclic amines) is 2. The number of pyridine rings is 1. The first-order chi connectivity index (χ1) is 12.6. The van der Waals surface area contributed by atoms with Gasteiger partial charge < -0.3 is 9.88 Å². The maximum absolute atomic E-state index is 12.4. The Balaban J connectivity index is 1.36. The Morgan fingerprint density at radius 3 is 2.73 bits per heavy atom. The van der Waals surface area contributed by atoms with Crippen LogP contribution in [0.2, 0.25) is 0 Å². The highest BCUT2D eigenvalue weighted by Crippen LogP contribution is 2.40. The van der Waals surface area contributed by atoms with Crippen molar-refractivity contribution in [1.82, 2.24) is 24.8 Å². The van der Waals surface area contributed by atoms with Gasteiger partial charge in [0, 0.05) is 50.3 Å². The molecular weight excluding hydrogens is 326 g/mol. The van der Waals surface area contributed by atoms with Gasteiger partial charge in [-0.25, -0.2) is 4.98 Å². The van der Waals surface area contributed by atoms with Crippen LogP contribution in [0.1, 0.15) is 42.8 Å². The van der Waals surface area contributed by atoms with Crippen molar-refractivity contribution >= 4 is 5.91 Å². The summed E-state index contributed by atoms with van der Waals surface area (Å²) < 4.78 is 0. The van der Waals surface area contributed by atoms with Crippen LogP contribution in [0.3, 0.4) is 0 Å². The molecule has 138 valence electrons. The van der Waals surface area contributed by atoms with E-state index in [9.17, 15) is 4.79 Å². The van der Waals surface area contributed by atoms with Gasteiger partial charge in [0.1, 0.15) is 5.82 Å². The number of H-pyrrole nitrogens is 1. The number of nitrogens with zero attached hydrogens (tertiary/aromatic N) is 4. The summed E-state index contributed by atoms with van der Waals surface area (Å²) in [6, 6.07) is 3.99. The van der Waals surface area contributed by atoms with Crippen LogP contribution in [-0.4, -0.2) is 50.3 Å². The van der Waals surface area contributed by atoms with Crippen molar-refractivity contribution in [2.45, 2.75) is 45.7 Å². The molecular formula is C20H27N5O. The maximum atomic E-state index is 12.4. The fourth-order valence-electron chi connectivity index (χ4n) is 4.34. The number of aryl methyl sites for hydroxylation is 1. The van der Waals surface area contributed by atoms with Crippen molar-refractivity contribution in [2.75, 3.05) is 19.6 Å². The highest BCUT2D eigenvalue weighted by atomic mass is 16.2. The van der Waals surface area contributed by atoms with Crippen LogP contribution in [0.25, 0.3) is 0 Å². The number of aromatic nitrogens is 3. The second-order valence-corrected chi connectivity index (χ2v) is 7.88. The van der Waals surface area contributed by atoms with Gasteiger partial charge in [-0.2, -0.15) is 0 Å². The van der Waals surface area contributed by atoms with E-state index >= 15 is 0 Å². The molecule has 0 aromatic carbocycles. The van der Waals surface area contributed by atoms with Gasteiger partial charge >= 0.3 is 0 Å². The molecule has 1 N–H and O–H groups in total. The Bertz CT molecular complexity index is 749. The fourth-order valence-corrected chi connectivity index (χ4v) is 4.34. The zero-order valence-corrected chi connectivity index (χ0v) is 15.4. The molecule has 26 heavy (non-hydrogen) atoms. The largest absolute Gasteiger partial charge is 0.345 e. The lowest BCUT2D eigenvalue weighted by molar-refractivity contribution is -0.140. The summed E-state index contributed by atoms with van der Waals surface area (Å²) in [5.74, 6) is 1.26. The zero-order valence-electron chi connectivity index (χ0n) is 15.4. The molecule has 0 unspecified atom stereocenters. The van der Waals surface area contributed by atoms with E-state index in [-0.39, 0.29) is 11.3 Å². The molecule has 0 saturated carbocycles. The van der Waals surface area contributed by atoms with E-state index in [4.69, 9.17) is 0 Å². The van der Waals surface area contributed by atoms with E-state index in [0.29, 0.717) is 13.0 Å². The van der Waals surface area contributed by atoms with Crippen LogP contribution < -0.4 is 0 Å². The number of amides is 1. The van der Waals surface area contributed by atoms with Gasteiger partial charge in [-0.05, 0) is 56.3 Å². The smallest absolute Gasteiger partial charge is 0.222 e. The van der Waals surface area contributed by atoms with Crippen LogP contribution in [0.4, 0.5) is 0 Å². The molecule has 1 spiro atoms. The lowest BCUT2D eigenvalue weighted by Crippen LogP contribution is -2.51. The minimum atomic E-state index is 0.287. The first-order valence-corrected chi connectivity index (χ1v) is 9.51. The van der Waals surface area contributed by atoms with Gasteiger partial charge in [0.05, 0.1) is 0 Å². The SMILES string of the molecule is Cc1ncc(CN2CCC3(CCC(=O)N(Cc4cccnc4)C3)CC2)[nH]1. The Hall–Kier alpha value is -2.21. The first kappa shape index (κ1) is 17.2. The molecule has 2 aliphatic rings. The van der Waals surface area contributed by atoms with Crippen molar-refractivity contribution in [3.05, 3.63) is 47.8 Å². The van der Waals surface area contributed by atoms with Gasteiger partial charge in [-0.3, -0.25) is 14.7 Å². The molecule has 0 atom stereocenters. The Kier molecular flexibility index (Phi) is 4.76. The molecule has 4 rings (SSSR count). The minimum absolute atomic E-state index is 0.287. The van der Waals surface area contributed by atoms with Crippen LogP contribution in [0, 0.1) is 12.3 Å². The van der Waals surface area contributed by atoms with Gasteiger partial charge in [0.2, 0.25) is 5.91 Å². The van der Waals surface area contributed by atoms with Crippen molar-refractivity contribution in [3.63, 3.8) is 0 Å².